The number of nitrogens with zero attached hydrogens (tertiary/aromatic N) is 2. The van der Waals surface area contributed by atoms with E-state index in [1.807, 2.05) is 36.4 Å². The van der Waals surface area contributed by atoms with Crippen LogP contribution in [0.4, 0.5) is 17.1 Å². The number of rotatable bonds is 7. The molecule has 0 atom stereocenters. The molecule has 0 unspecified atom stereocenters. The lowest BCUT2D eigenvalue weighted by molar-refractivity contribution is -0.132. The summed E-state index contributed by atoms with van der Waals surface area (Å²) in [5.41, 5.74) is 11.3. The van der Waals surface area contributed by atoms with Crippen LogP contribution in [0.2, 0.25) is 0 Å². The first-order valence-corrected chi connectivity index (χ1v) is 15.9. The number of carboxylic acid groups (broad SMARTS) is 1. The van der Waals surface area contributed by atoms with Crippen LogP contribution in [0.1, 0.15) is 31.9 Å². The topological polar surface area (TPSA) is 81.4 Å². The quantitative estimate of drug-likeness (QED) is 0.140. The lowest BCUT2D eigenvalue weighted by Gasteiger charge is -2.26. The van der Waals surface area contributed by atoms with Crippen molar-refractivity contribution in [3.05, 3.63) is 154 Å². The van der Waals surface area contributed by atoms with Crippen molar-refractivity contribution in [3.63, 3.8) is 0 Å². The first-order valence-electron chi connectivity index (χ1n) is 15.1. The number of carbonyl (C=O) groups is 2. The molecule has 0 radical (unpaired) electrons. The first kappa shape index (κ1) is 29.7. The van der Waals surface area contributed by atoms with Gasteiger partial charge in [0.2, 0.25) is 0 Å². The fourth-order valence-electron chi connectivity index (χ4n) is 5.92. The number of nitriles is 1. The molecule has 1 aromatic heterocycles. The largest absolute Gasteiger partial charge is 0.477 e. The highest BCUT2D eigenvalue weighted by Crippen LogP contribution is 2.42. The monoisotopic (exact) mass is 628 g/mol. The Kier molecular flexibility index (Phi) is 7.61. The van der Waals surface area contributed by atoms with E-state index in [0.29, 0.717) is 16.0 Å². The number of ketones is 1. The van der Waals surface area contributed by atoms with Crippen molar-refractivity contribution in [2.45, 2.75) is 13.8 Å². The molecule has 7 rings (SSSR count). The van der Waals surface area contributed by atoms with Gasteiger partial charge >= 0.3 is 5.97 Å². The van der Waals surface area contributed by atoms with Gasteiger partial charge in [0.05, 0.1) is 0 Å². The third kappa shape index (κ3) is 5.65. The van der Waals surface area contributed by atoms with Gasteiger partial charge in [-0.05, 0) is 108 Å². The molecule has 1 N–H and O–H groups in total. The van der Waals surface area contributed by atoms with Gasteiger partial charge in [-0.3, -0.25) is 4.79 Å². The lowest BCUT2D eigenvalue weighted by atomic mass is 9.98. The van der Waals surface area contributed by atoms with E-state index in [9.17, 15) is 14.7 Å². The van der Waals surface area contributed by atoms with Crippen LogP contribution in [0.5, 0.6) is 0 Å². The van der Waals surface area contributed by atoms with E-state index in [1.165, 1.54) is 28.5 Å². The number of hydrogen-bond donors (Lipinski definition) is 1. The maximum Gasteiger partial charge on any atom is 0.346 e. The Morgan fingerprint density at radius 2 is 1.15 bits per heavy atom. The average molecular weight is 629 g/mol. The molecule has 0 fully saturated rings. The first-order chi connectivity index (χ1) is 22.8. The fourth-order valence-corrected chi connectivity index (χ4v) is 6.87. The van der Waals surface area contributed by atoms with Crippen molar-refractivity contribution < 1.29 is 14.7 Å². The summed E-state index contributed by atoms with van der Waals surface area (Å²) < 4.78 is 0. The number of hydrogen-bond acceptors (Lipinski definition) is 5. The second-order valence-corrected chi connectivity index (χ2v) is 12.7. The summed E-state index contributed by atoms with van der Waals surface area (Å²) in [5.74, 6) is -1.28. The van der Waals surface area contributed by atoms with E-state index in [-0.39, 0.29) is 11.4 Å². The van der Waals surface area contributed by atoms with Crippen LogP contribution < -0.4 is 4.90 Å². The number of carboxylic acids is 1. The van der Waals surface area contributed by atoms with E-state index in [0.717, 1.165) is 49.8 Å². The Balaban J connectivity index is 1.17. The summed E-state index contributed by atoms with van der Waals surface area (Å²) in [6.45, 7) is 4.17. The SMILES string of the molecule is Cc1ccc(N(c2ccc(C)cc2)c2ccc(-c3ccc4c(c3)C(=O)c3cc(-c5ccc(/C=C(/C#N)C(=O)O)s5)ccc3-4)cc2)cc1. The highest BCUT2D eigenvalue weighted by Gasteiger charge is 2.27. The molecule has 5 nitrogen and oxygen atoms in total. The summed E-state index contributed by atoms with van der Waals surface area (Å²) in [5, 5.41) is 18.3. The van der Waals surface area contributed by atoms with Crippen LogP contribution in [-0.2, 0) is 4.79 Å². The van der Waals surface area contributed by atoms with Gasteiger partial charge in [-0.1, -0.05) is 71.8 Å². The Bertz CT molecular complexity index is 2210. The number of anilines is 3. The van der Waals surface area contributed by atoms with Gasteiger partial charge in [0.25, 0.3) is 0 Å². The molecule has 226 valence electrons. The standard InChI is InChI=1S/C41H28N2O3S/c1-25-3-11-31(12-4-25)43(32-13-5-26(2)6-14-32)33-15-7-27(8-16-33)28-9-18-35-36-19-10-29(23-38(36)40(44)37(35)22-28)39-20-17-34(47-39)21-30(24-42)41(45)46/h3-23H,1-2H3,(H,45,46)/b30-21-. The molecular weight excluding hydrogens is 601 g/mol. The average Bonchev–Trinajstić information content (AvgIpc) is 3.67. The van der Waals surface area contributed by atoms with Crippen molar-refractivity contribution >= 4 is 46.2 Å². The van der Waals surface area contributed by atoms with E-state index in [4.69, 9.17) is 5.26 Å². The Morgan fingerprint density at radius 1 is 0.660 bits per heavy atom. The summed E-state index contributed by atoms with van der Waals surface area (Å²) in [6.07, 6.45) is 1.36. The zero-order valence-electron chi connectivity index (χ0n) is 25.7. The second kappa shape index (κ2) is 12.1. The van der Waals surface area contributed by atoms with Crippen LogP contribution >= 0.6 is 11.3 Å². The molecule has 5 aromatic carbocycles. The molecule has 1 aliphatic carbocycles. The summed E-state index contributed by atoms with van der Waals surface area (Å²) in [6, 6.07) is 42.7. The van der Waals surface area contributed by atoms with E-state index < -0.39 is 5.97 Å². The molecule has 47 heavy (non-hydrogen) atoms. The van der Waals surface area contributed by atoms with Crippen LogP contribution in [-0.4, -0.2) is 16.9 Å². The fraction of sp³-hybridized carbons (Fsp3) is 0.0488. The van der Waals surface area contributed by atoms with E-state index in [1.54, 1.807) is 12.1 Å². The van der Waals surface area contributed by atoms with Crippen LogP contribution in [0.3, 0.4) is 0 Å². The predicted octanol–water partition coefficient (Wildman–Crippen LogP) is 10.4. The minimum absolute atomic E-state index is 0.0189. The molecule has 0 aliphatic heterocycles. The van der Waals surface area contributed by atoms with Crippen LogP contribution in [0, 0.1) is 25.2 Å². The summed E-state index contributed by atoms with van der Waals surface area (Å²) in [4.78, 5) is 28.7. The number of benzene rings is 5. The highest BCUT2D eigenvalue weighted by atomic mass is 32.1. The molecule has 0 saturated heterocycles. The van der Waals surface area contributed by atoms with Crippen LogP contribution in [0.25, 0.3) is 38.8 Å². The molecule has 1 aliphatic rings. The van der Waals surface area contributed by atoms with E-state index in [2.05, 4.69) is 97.6 Å². The molecule has 0 bridgehead atoms. The normalized spacial score (nSPS) is 11.9. The Morgan fingerprint density at radius 3 is 1.68 bits per heavy atom. The second-order valence-electron chi connectivity index (χ2n) is 11.6. The van der Waals surface area contributed by atoms with Crippen LogP contribution in [0.15, 0.2) is 127 Å². The third-order valence-electron chi connectivity index (χ3n) is 8.41. The minimum Gasteiger partial charge on any atom is -0.477 e. The maximum atomic E-state index is 13.7. The third-order valence-corrected chi connectivity index (χ3v) is 9.49. The van der Waals surface area contributed by atoms with Crippen molar-refractivity contribution in [2.75, 3.05) is 4.90 Å². The predicted molar refractivity (Wildman–Crippen MR) is 189 cm³/mol. The van der Waals surface area contributed by atoms with Gasteiger partial charge in [0.15, 0.2) is 5.78 Å². The Labute approximate surface area is 276 Å². The van der Waals surface area contributed by atoms with Gasteiger partial charge in [-0.25, -0.2) is 4.79 Å². The van der Waals surface area contributed by atoms with Crippen molar-refractivity contribution in [2.24, 2.45) is 0 Å². The van der Waals surface area contributed by atoms with Gasteiger partial charge < -0.3 is 10.0 Å². The molecule has 0 amide bonds. The zero-order valence-corrected chi connectivity index (χ0v) is 26.5. The summed E-state index contributed by atoms with van der Waals surface area (Å²) >= 11 is 1.37. The molecular formula is C41H28N2O3S. The minimum atomic E-state index is -1.26. The maximum absolute atomic E-state index is 13.7. The molecule has 6 heteroatoms. The molecule has 1 heterocycles. The molecule has 0 saturated carbocycles. The number of carbonyl (C=O) groups excluding carboxylic acids is 1. The lowest BCUT2D eigenvalue weighted by Crippen LogP contribution is -2.09. The zero-order chi connectivity index (χ0) is 32.7. The molecule has 0 spiro atoms. The van der Waals surface area contributed by atoms with Gasteiger partial charge in [-0.15, -0.1) is 11.3 Å². The Hall–Kier alpha value is -6.03. The van der Waals surface area contributed by atoms with E-state index >= 15 is 0 Å². The van der Waals surface area contributed by atoms with Gasteiger partial charge in [0.1, 0.15) is 11.6 Å². The van der Waals surface area contributed by atoms with Gasteiger partial charge in [0, 0.05) is 37.9 Å². The smallest absolute Gasteiger partial charge is 0.346 e. The summed E-state index contributed by atoms with van der Waals surface area (Å²) in [7, 11) is 0. The molecule has 6 aromatic rings. The number of aryl methyl sites for hydroxylation is 2. The number of aliphatic carboxylic acids is 1. The van der Waals surface area contributed by atoms with Crippen molar-refractivity contribution in [1.29, 1.82) is 5.26 Å². The van der Waals surface area contributed by atoms with Crippen molar-refractivity contribution in [3.8, 4) is 38.8 Å². The number of thiophene rings is 1. The highest BCUT2D eigenvalue weighted by molar-refractivity contribution is 7.16. The van der Waals surface area contributed by atoms with Gasteiger partial charge in [-0.2, -0.15) is 5.26 Å². The number of fused-ring (bicyclic) bond motifs is 3. The van der Waals surface area contributed by atoms with Crippen molar-refractivity contribution in [1.82, 2.24) is 0 Å².